The Hall–Kier alpha value is -0.120. The van der Waals surface area contributed by atoms with Crippen molar-refractivity contribution < 1.29 is 4.74 Å². The summed E-state index contributed by atoms with van der Waals surface area (Å²) in [5, 5.41) is 3.53. The summed E-state index contributed by atoms with van der Waals surface area (Å²) < 4.78 is 5.35. The van der Waals surface area contributed by atoms with Crippen molar-refractivity contribution in [3.8, 4) is 0 Å². The monoisotopic (exact) mass is 172 g/mol. The predicted octanol–water partition coefficient (Wildman–Crippen LogP) is 0.492. The molecule has 1 aliphatic rings. The molecule has 1 atom stereocenters. The minimum atomic E-state index is 0.0260. The number of ether oxygens (including phenoxy) is 1. The van der Waals surface area contributed by atoms with Gasteiger partial charge in [0, 0.05) is 18.7 Å². The molecule has 1 fully saturated rings. The van der Waals surface area contributed by atoms with Crippen LogP contribution >= 0.6 is 0 Å². The second-order valence-corrected chi connectivity index (χ2v) is 4.66. The summed E-state index contributed by atoms with van der Waals surface area (Å²) in [4.78, 5) is 0. The number of nitrogens with one attached hydrogen (secondary N) is 1. The van der Waals surface area contributed by atoms with Gasteiger partial charge in [0.1, 0.15) is 0 Å². The van der Waals surface area contributed by atoms with Crippen molar-refractivity contribution in [2.75, 3.05) is 19.8 Å². The van der Waals surface area contributed by atoms with Crippen LogP contribution in [0.4, 0.5) is 0 Å². The van der Waals surface area contributed by atoms with Crippen LogP contribution in [0.25, 0.3) is 0 Å². The average molecular weight is 172 g/mol. The first-order chi connectivity index (χ1) is 5.47. The standard InChI is InChI=1S/C9H20N2O/c1-8(2,3)11-9(6-10)4-5-12-7-9/h11H,4-7,10H2,1-3H3. The molecule has 0 aromatic carbocycles. The van der Waals surface area contributed by atoms with Crippen LogP contribution in [0.3, 0.4) is 0 Å². The molecule has 1 aliphatic heterocycles. The maximum absolute atomic E-state index is 5.73. The fourth-order valence-corrected chi connectivity index (χ4v) is 1.71. The van der Waals surface area contributed by atoms with E-state index in [1.165, 1.54) is 0 Å². The lowest BCUT2D eigenvalue weighted by Crippen LogP contribution is -2.58. The average Bonchev–Trinajstić information content (AvgIpc) is 2.34. The van der Waals surface area contributed by atoms with Gasteiger partial charge in [-0.25, -0.2) is 0 Å². The van der Waals surface area contributed by atoms with Crippen LogP contribution in [0, 0.1) is 0 Å². The van der Waals surface area contributed by atoms with Crippen molar-refractivity contribution in [1.29, 1.82) is 0 Å². The first kappa shape index (κ1) is 9.96. The van der Waals surface area contributed by atoms with Gasteiger partial charge in [0.05, 0.1) is 12.1 Å². The molecule has 0 spiro atoms. The molecule has 1 heterocycles. The number of nitrogens with two attached hydrogens (primary N) is 1. The normalized spacial score (nSPS) is 31.0. The lowest BCUT2D eigenvalue weighted by Gasteiger charge is -2.35. The van der Waals surface area contributed by atoms with Crippen molar-refractivity contribution >= 4 is 0 Å². The van der Waals surface area contributed by atoms with E-state index in [0.717, 1.165) is 19.6 Å². The fourth-order valence-electron chi connectivity index (χ4n) is 1.71. The van der Waals surface area contributed by atoms with Crippen molar-refractivity contribution in [3.05, 3.63) is 0 Å². The van der Waals surface area contributed by atoms with Crippen LogP contribution < -0.4 is 11.1 Å². The second-order valence-electron chi connectivity index (χ2n) is 4.66. The molecule has 1 rings (SSSR count). The van der Waals surface area contributed by atoms with Crippen LogP contribution in [-0.4, -0.2) is 30.8 Å². The summed E-state index contributed by atoms with van der Waals surface area (Å²) in [7, 11) is 0. The highest BCUT2D eigenvalue weighted by atomic mass is 16.5. The zero-order valence-electron chi connectivity index (χ0n) is 8.31. The van der Waals surface area contributed by atoms with Crippen molar-refractivity contribution in [2.45, 2.75) is 38.3 Å². The third-order valence-electron chi connectivity index (χ3n) is 2.13. The molecule has 0 aliphatic carbocycles. The van der Waals surface area contributed by atoms with Crippen LogP contribution in [0.2, 0.25) is 0 Å². The third-order valence-corrected chi connectivity index (χ3v) is 2.13. The predicted molar refractivity (Wildman–Crippen MR) is 50.1 cm³/mol. The molecule has 3 heteroatoms. The molecule has 0 radical (unpaired) electrons. The quantitative estimate of drug-likeness (QED) is 0.637. The molecule has 0 aromatic heterocycles. The summed E-state index contributed by atoms with van der Waals surface area (Å²) in [6.45, 7) is 8.71. The first-order valence-electron chi connectivity index (χ1n) is 4.55. The summed E-state index contributed by atoms with van der Waals surface area (Å²) in [5.74, 6) is 0. The van der Waals surface area contributed by atoms with E-state index in [4.69, 9.17) is 10.5 Å². The van der Waals surface area contributed by atoms with E-state index in [1.54, 1.807) is 0 Å². The van der Waals surface area contributed by atoms with Gasteiger partial charge in [-0.2, -0.15) is 0 Å². The van der Waals surface area contributed by atoms with E-state index in [9.17, 15) is 0 Å². The van der Waals surface area contributed by atoms with Crippen LogP contribution in [0.15, 0.2) is 0 Å². The summed E-state index contributed by atoms with van der Waals surface area (Å²) in [5.41, 5.74) is 5.88. The fraction of sp³-hybridized carbons (Fsp3) is 1.00. The van der Waals surface area contributed by atoms with E-state index in [0.29, 0.717) is 6.54 Å². The zero-order valence-corrected chi connectivity index (χ0v) is 8.31. The lowest BCUT2D eigenvalue weighted by atomic mass is 9.94. The third kappa shape index (κ3) is 2.44. The number of hydrogen-bond donors (Lipinski definition) is 2. The number of rotatable bonds is 2. The Kier molecular flexibility index (Phi) is 2.76. The van der Waals surface area contributed by atoms with Gasteiger partial charge in [0.25, 0.3) is 0 Å². The van der Waals surface area contributed by atoms with Gasteiger partial charge in [-0.3, -0.25) is 0 Å². The van der Waals surface area contributed by atoms with Crippen LogP contribution in [0.1, 0.15) is 27.2 Å². The highest BCUT2D eigenvalue weighted by Crippen LogP contribution is 2.20. The minimum absolute atomic E-state index is 0.0260. The first-order valence-corrected chi connectivity index (χ1v) is 4.55. The van der Waals surface area contributed by atoms with E-state index in [-0.39, 0.29) is 11.1 Å². The van der Waals surface area contributed by atoms with Gasteiger partial charge in [-0.15, -0.1) is 0 Å². The minimum Gasteiger partial charge on any atom is -0.379 e. The van der Waals surface area contributed by atoms with E-state index in [2.05, 4.69) is 26.1 Å². The molecule has 0 aromatic rings. The van der Waals surface area contributed by atoms with E-state index >= 15 is 0 Å². The van der Waals surface area contributed by atoms with Gasteiger partial charge < -0.3 is 15.8 Å². The topological polar surface area (TPSA) is 47.3 Å². The Balaban J connectivity index is 2.55. The Morgan fingerprint density at radius 1 is 1.50 bits per heavy atom. The molecule has 1 saturated heterocycles. The number of hydrogen-bond acceptors (Lipinski definition) is 3. The molecule has 12 heavy (non-hydrogen) atoms. The molecule has 0 bridgehead atoms. The van der Waals surface area contributed by atoms with Crippen molar-refractivity contribution in [3.63, 3.8) is 0 Å². The SMILES string of the molecule is CC(C)(C)NC1(CN)CCOC1. The zero-order chi connectivity index (χ0) is 9.24. The maximum Gasteiger partial charge on any atom is 0.0661 e. The van der Waals surface area contributed by atoms with Gasteiger partial charge in [-0.05, 0) is 27.2 Å². The molecular formula is C9H20N2O. The second kappa shape index (κ2) is 3.32. The molecule has 0 amide bonds. The van der Waals surface area contributed by atoms with Crippen LogP contribution in [0.5, 0.6) is 0 Å². The molecule has 3 N–H and O–H groups in total. The van der Waals surface area contributed by atoms with Crippen molar-refractivity contribution in [2.24, 2.45) is 5.73 Å². The van der Waals surface area contributed by atoms with E-state index in [1.807, 2.05) is 0 Å². The smallest absolute Gasteiger partial charge is 0.0661 e. The van der Waals surface area contributed by atoms with Crippen molar-refractivity contribution in [1.82, 2.24) is 5.32 Å². The summed E-state index contributed by atoms with van der Waals surface area (Å²) in [6, 6.07) is 0. The van der Waals surface area contributed by atoms with E-state index < -0.39 is 0 Å². The van der Waals surface area contributed by atoms with Crippen LogP contribution in [-0.2, 0) is 4.74 Å². The molecule has 72 valence electrons. The Labute approximate surface area is 74.7 Å². The highest BCUT2D eigenvalue weighted by molar-refractivity contribution is 4.96. The Morgan fingerprint density at radius 3 is 2.50 bits per heavy atom. The largest absolute Gasteiger partial charge is 0.379 e. The highest BCUT2D eigenvalue weighted by Gasteiger charge is 2.36. The van der Waals surface area contributed by atoms with Gasteiger partial charge in [0.2, 0.25) is 0 Å². The molecule has 1 unspecified atom stereocenters. The summed E-state index contributed by atoms with van der Waals surface area (Å²) >= 11 is 0. The van der Waals surface area contributed by atoms with Gasteiger partial charge in [0.15, 0.2) is 0 Å². The molecular weight excluding hydrogens is 152 g/mol. The Morgan fingerprint density at radius 2 is 2.17 bits per heavy atom. The van der Waals surface area contributed by atoms with Gasteiger partial charge >= 0.3 is 0 Å². The maximum atomic E-state index is 5.73. The summed E-state index contributed by atoms with van der Waals surface area (Å²) in [6.07, 6.45) is 1.03. The molecule has 3 nitrogen and oxygen atoms in total. The molecule has 0 saturated carbocycles. The lowest BCUT2D eigenvalue weighted by molar-refractivity contribution is 0.154. The Bertz CT molecular complexity index is 145. The van der Waals surface area contributed by atoms with Gasteiger partial charge in [-0.1, -0.05) is 0 Å².